The van der Waals surface area contributed by atoms with Crippen LogP contribution in [0.15, 0.2) is 54.1 Å². The van der Waals surface area contributed by atoms with Gasteiger partial charge in [-0.3, -0.25) is 9.59 Å². The monoisotopic (exact) mass is 467 g/mol. The van der Waals surface area contributed by atoms with Crippen LogP contribution in [0.5, 0.6) is 5.75 Å². The number of aliphatic hydroxyl groups excluding tert-OH is 1. The first kappa shape index (κ1) is 25.0. The molecule has 8 heteroatoms. The number of carbonyl (C=O) groups excluding carboxylic acids is 3. The van der Waals surface area contributed by atoms with E-state index in [0.717, 1.165) is 0 Å². The molecule has 0 bridgehead atoms. The maximum absolute atomic E-state index is 13.1. The number of ketones is 1. The number of benzene rings is 2. The van der Waals surface area contributed by atoms with E-state index in [1.807, 2.05) is 13.8 Å². The van der Waals surface area contributed by atoms with E-state index >= 15 is 0 Å². The fourth-order valence-electron chi connectivity index (χ4n) is 3.86. The van der Waals surface area contributed by atoms with Crippen molar-refractivity contribution in [1.29, 1.82) is 0 Å². The number of Topliss-reactive ketones (excluding diaryl/α,β-unsaturated/α-hetero) is 1. The Labute approximate surface area is 198 Å². The number of rotatable bonds is 9. The second-order valence-corrected chi connectivity index (χ2v) is 8.11. The first-order valence-corrected chi connectivity index (χ1v) is 11.0. The van der Waals surface area contributed by atoms with Crippen LogP contribution in [0.2, 0.25) is 0 Å². The lowest BCUT2D eigenvalue weighted by Crippen LogP contribution is -2.31. The summed E-state index contributed by atoms with van der Waals surface area (Å²) in [6.07, 6.45) is 0.561. The van der Waals surface area contributed by atoms with Crippen molar-refractivity contribution >= 4 is 23.4 Å². The molecule has 1 saturated heterocycles. The number of amides is 1. The third-order valence-corrected chi connectivity index (χ3v) is 5.53. The van der Waals surface area contributed by atoms with Crippen LogP contribution in [0.1, 0.15) is 47.8 Å². The van der Waals surface area contributed by atoms with Crippen molar-refractivity contribution in [3.63, 3.8) is 0 Å². The van der Waals surface area contributed by atoms with Gasteiger partial charge in [0.1, 0.15) is 11.5 Å². The third-order valence-electron chi connectivity index (χ3n) is 5.53. The Morgan fingerprint density at radius 1 is 1.06 bits per heavy atom. The van der Waals surface area contributed by atoms with Gasteiger partial charge in [-0.25, -0.2) is 4.79 Å². The van der Waals surface area contributed by atoms with Gasteiger partial charge in [0, 0.05) is 18.7 Å². The molecule has 8 nitrogen and oxygen atoms in total. The molecule has 34 heavy (non-hydrogen) atoms. The van der Waals surface area contributed by atoms with E-state index < -0.39 is 23.7 Å². The molecule has 0 spiro atoms. The van der Waals surface area contributed by atoms with Gasteiger partial charge in [0.25, 0.3) is 11.7 Å². The molecule has 180 valence electrons. The summed E-state index contributed by atoms with van der Waals surface area (Å²) >= 11 is 0. The number of aliphatic hydroxyl groups is 1. The normalized spacial score (nSPS) is 17.3. The third kappa shape index (κ3) is 5.28. The van der Waals surface area contributed by atoms with E-state index in [2.05, 4.69) is 0 Å². The van der Waals surface area contributed by atoms with Gasteiger partial charge in [0.15, 0.2) is 0 Å². The second kappa shape index (κ2) is 11.0. The molecule has 1 N–H and O–H groups in total. The van der Waals surface area contributed by atoms with Crippen molar-refractivity contribution in [2.45, 2.75) is 32.4 Å². The van der Waals surface area contributed by atoms with Gasteiger partial charge in [-0.1, -0.05) is 24.3 Å². The Hall–Kier alpha value is -3.65. The number of esters is 1. The lowest BCUT2D eigenvalue weighted by molar-refractivity contribution is -0.140. The maximum atomic E-state index is 13.1. The minimum Gasteiger partial charge on any atom is -0.507 e. The summed E-state index contributed by atoms with van der Waals surface area (Å²) in [5, 5.41) is 11.1. The summed E-state index contributed by atoms with van der Waals surface area (Å²) in [6, 6.07) is 12.2. The zero-order valence-corrected chi connectivity index (χ0v) is 19.7. The molecule has 1 aliphatic heterocycles. The van der Waals surface area contributed by atoms with Crippen molar-refractivity contribution in [3.05, 3.63) is 70.8 Å². The molecular formula is C26H29NO7. The molecule has 1 atom stereocenters. The first-order chi connectivity index (χ1) is 16.3. The van der Waals surface area contributed by atoms with Crippen LogP contribution in [-0.2, 0) is 19.1 Å². The molecule has 3 rings (SSSR count). The number of carbonyl (C=O) groups is 3. The molecule has 0 saturated carbocycles. The number of hydrogen-bond donors (Lipinski definition) is 1. The van der Waals surface area contributed by atoms with Gasteiger partial charge in [-0.2, -0.15) is 0 Å². The SMILES string of the molecule is COC(=O)c1ccc([C@@H]2C(=C(O)c3cccc(OC)c3)C(=O)C(=O)N2CCCOC(C)C)cc1. The van der Waals surface area contributed by atoms with Crippen LogP contribution >= 0.6 is 0 Å². The Morgan fingerprint density at radius 3 is 2.38 bits per heavy atom. The molecule has 1 amide bonds. The van der Waals surface area contributed by atoms with Gasteiger partial charge in [-0.05, 0) is 50.1 Å². The average Bonchev–Trinajstić information content (AvgIpc) is 3.10. The number of likely N-dealkylation sites (tertiary alicyclic amines) is 1. The second-order valence-electron chi connectivity index (χ2n) is 8.11. The standard InChI is InChI=1S/C26H29NO7/c1-16(2)34-14-6-13-27-22(17-9-11-18(12-10-17)26(31)33-4)21(24(29)25(27)30)23(28)19-7-5-8-20(15-19)32-3/h5,7-12,15-16,22,28H,6,13-14H2,1-4H3/t22-/m1/s1. The van der Waals surface area contributed by atoms with Gasteiger partial charge in [-0.15, -0.1) is 0 Å². The first-order valence-electron chi connectivity index (χ1n) is 11.0. The molecule has 1 fully saturated rings. The van der Waals surface area contributed by atoms with Crippen LogP contribution in [0.3, 0.4) is 0 Å². The molecule has 0 aliphatic carbocycles. The summed E-state index contributed by atoms with van der Waals surface area (Å²) in [6.45, 7) is 4.52. The van der Waals surface area contributed by atoms with E-state index in [4.69, 9.17) is 14.2 Å². The predicted molar refractivity (Wildman–Crippen MR) is 125 cm³/mol. The van der Waals surface area contributed by atoms with E-state index in [0.29, 0.717) is 35.5 Å². The molecular weight excluding hydrogens is 438 g/mol. The fraction of sp³-hybridized carbons (Fsp3) is 0.346. The number of ether oxygens (including phenoxy) is 3. The maximum Gasteiger partial charge on any atom is 0.337 e. The number of hydrogen-bond acceptors (Lipinski definition) is 7. The lowest BCUT2D eigenvalue weighted by atomic mass is 9.94. The topological polar surface area (TPSA) is 102 Å². The highest BCUT2D eigenvalue weighted by atomic mass is 16.5. The predicted octanol–water partition coefficient (Wildman–Crippen LogP) is 3.72. The smallest absolute Gasteiger partial charge is 0.337 e. The molecule has 1 aliphatic rings. The van der Waals surface area contributed by atoms with Crippen molar-refractivity contribution in [1.82, 2.24) is 4.90 Å². The molecule has 0 aromatic heterocycles. The van der Waals surface area contributed by atoms with Crippen molar-refractivity contribution < 1.29 is 33.7 Å². The van der Waals surface area contributed by atoms with Crippen molar-refractivity contribution in [2.75, 3.05) is 27.4 Å². The Bertz CT molecular complexity index is 1090. The summed E-state index contributed by atoms with van der Waals surface area (Å²) in [4.78, 5) is 39.4. The minimum atomic E-state index is -0.822. The van der Waals surface area contributed by atoms with Crippen LogP contribution in [0.25, 0.3) is 5.76 Å². The van der Waals surface area contributed by atoms with E-state index in [1.165, 1.54) is 19.1 Å². The molecule has 1 heterocycles. The number of nitrogens with zero attached hydrogens (tertiary/aromatic N) is 1. The number of methoxy groups -OCH3 is 2. The molecule has 2 aromatic rings. The molecule has 0 radical (unpaired) electrons. The van der Waals surface area contributed by atoms with Gasteiger partial charge >= 0.3 is 5.97 Å². The Balaban J connectivity index is 2.05. The van der Waals surface area contributed by atoms with Crippen LogP contribution < -0.4 is 4.74 Å². The Kier molecular flexibility index (Phi) is 8.07. The highest BCUT2D eigenvalue weighted by Gasteiger charge is 2.45. The summed E-state index contributed by atoms with van der Waals surface area (Å²) < 4.78 is 15.6. The summed E-state index contributed by atoms with van der Waals surface area (Å²) in [7, 11) is 2.79. The average molecular weight is 468 g/mol. The fourth-order valence-corrected chi connectivity index (χ4v) is 3.86. The van der Waals surface area contributed by atoms with Gasteiger partial charge < -0.3 is 24.2 Å². The van der Waals surface area contributed by atoms with Crippen LogP contribution in [0, 0.1) is 0 Å². The molecule has 0 unspecified atom stereocenters. The van der Waals surface area contributed by atoms with E-state index in [9.17, 15) is 19.5 Å². The summed E-state index contributed by atoms with van der Waals surface area (Å²) in [5.74, 6) is -1.76. The van der Waals surface area contributed by atoms with E-state index in [-0.39, 0.29) is 24.0 Å². The zero-order chi connectivity index (χ0) is 24.8. The lowest BCUT2D eigenvalue weighted by Gasteiger charge is -2.25. The van der Waals surface area contributed by atoms with Gasteiger partial charge in [0.05, 0.1) is 37.5 Å². The quantitative estimate of drug-likeness (QED) is 0.197. The summed E-state index contributed by atoms with van der Waals surface area (Å²) in [5.41, 5.74) is 1.26. The van der Waals surface area contributed by atoms with E-state index in [1.54, 1.807) is 48.5 Å². The van der Waals surface area contributed by atoms with Crippen molar-refractivity contribution in [2.24, 2.45) is 0 Å². The molecule has 2 aromatic carbocycles. The minimum absolute atomic E-state index is 0.0196. The zero-order valence-electron chi connectivity index (χ0n) is 19.7. The van der Waals surface area contributed by atoms with Gasteiger partial charge in [0.2, 0.25) is 0 Å². The highest BCUT2D eigenvalue weighted by Crippen LogP contribution is 2.39. The highest BCUT2D eigenvalue weighted by molar-refractivity contribution is 6.46. The van der Waals surface area contributed by atoms with Crippen molar-refractivity contribution in [3.8, 4) is 5.75 Å². The van der Waals surface area contributed by atoms with Crippen LogP contribution in [0.4, 0.5) is 0 Å². The van der Waals surface area contributed by atoms with Crippen LogP contribution in [-0.4, -0.2) is 61.1 Å². The largest absolute Gasteiger partial charge is 0.507 e. The Morgan fingerprint density at radius 2 is 1.76 bits per heavy atom.